The number of nitriles is 1. The van der Waals surface area contributed by atoms with Crippen LogP contribution in [-0.2, 0) is 0 Å². The van der Waals surface area contributed by atoms with Gasteiger partial charge in [-0.25, -0.2) is 15.0 Å². The predicted octanol–water partition coefficient (Wildman–Crippen LogP) is 3.18. The Morgan fingerprint density at radius 3 is 2.50 bits per heavy atom. The van der Waals surface area contributed by atoms with Crippen molar-refractivity contribution in [2.24, 2.45) is 0 Å². The molecule has 0 saturated carbocycles. The molecule has 0 saturated heterocycles. The smallest absolute Gasteiger partial charge is 0.140 e. The van der Waals surface area contributed by atoms with Crippen LogP contribution >= 0.6 is 0 Å². The van der Waals surface area contributed by atoms with Gasteiger partial charge in [-0.2, -0.15) is 5.26 Å². The first-order valence-electron chi connectivity index (χ1n) is 6.27. The molecule has 0 N–H and O–H groups in total. The van der Waals surface area contributed by atoms with E-state index in [9.17, 15) is 0 Å². The topological polar surface area (TPSA) is 62.5 Å². The molecule has 2 aromatic heterocycles. The lowest BCUT2D eigenvalue weighted by molar-refractivity contribution is 1.20. The molecule has 3 aromatic rings. The minimum Gasteiger partial charge on any atom is -0.245 e. The molecule has 2 heterocycles. The quantitative estimate of drug-likeness (QED) is 0.674. The molecule has 1 aromatic carbocycles. The summed E-state index contributed by atoms with van der Waals surface area (Å²) in [6.45, 7) is 4.14. The van der Waals surface area contributed by atoms with E-state index in [1.807, 2.05) is 12.1 Å². The summed E-state index contributed by atoms with van der Waals surface area (Å²) in [5.74, 6) is 0. The number of nitrogens with zero attached hydrogens (tertiary/aromatic N) is 4. The number of rotatable bonds is 1. The third-order valence-corrected chi connectivity index (χ3v) is 3.40. The molecule has 4 heteroatoms. The maximum Gasteiger partial charge on any atom is 0.140 e. The summed E-state index contributed by atoms with van der Waals surface area (Å²) in [5.41, 5.74) is 5.46. The molecule has 0 amide bonds. The van der Waals surface area contributed by atoms with Crippen LogP contribution in [0.2, 0.25) is 0 Å². The van der Waals surface area contributed by atoms with E-state index >= 15 is 0 Å². The molecule has 0 bridgehead atoms. The van der Waals surface area contributed by atoms with Crippen LogP contribution in [0.25, 0.3) is 22.2 Å². The number of hydrogen-bond donors (Lipinski definition) is 0. The van der Waals surface area contributed by atoms with Crippen molar-refractivity contribution in [2.75, 3.05) is 0 Å². The van der Waals surface area contributed by atoms with E-state index in [0.29, 0.717) is 5.69 Å². The van der Waals surface area contributed by atoms with Gasteiger partial charge < -0.3 is 0 Å². The molecule has 0 aliphatic carbocycles. The highest BCUT2D eigenvalue weighted by Gasteiger charge is 2.08. The Bertz CT molecular complexity index is 829. The minimum atomic E-state index is 0.402. The van der Waals surface area contributed by atoms with Gasteiger partial charge in [0.05, 0.1) is 11.2 Å². The summed E-state index contributed by atoms with van der Waals surface area (Å²) in [4.78, 5) is 12.8. The minimum absolute atomic E-state index is 0.402. The first-order chi connectivity index (χ1) is 9.69. The van der Waals surface area contributed by atoms with Crippen LogP contribution in [0.1, 0.15) is 16.8 Å². The lowest BCUT2D eigenvalue weighted by Crippen LogP contribution is -1.92. The van der Waals surface area contributed by atoms with Crippen LogP contribution in [0.5, 0.6) is 0 Å². The van der Waals surface area contributed by atoms with Gasteiger partial charge in [-0.1, -0.05) is 0 Å². The van der Waals surface area contributed by atoms with Gasteiger partial charge in [0.1, 0.15) is 18.1 Å². The van der Waals surface area contributed by atoms with Gasteiger partial charge in [0, 0.05) is 17.1 Å². The summed E-state index contributed by atoms with van der Waals surface area (Å²) in [5, 5.41) is 9.80. The highest BCUT2D eigenvalue weighted by atomic mass is 14.8. The van der Waals surface area contributed by atoms with Crippen molar-refractivity contribution in [3.63, 3.8) is 0 Å². The Balaban J connectivity index is 2.25. The van der Waals surface area contributed by atoms with Gasteiger partial charge in [-0.3, -0.25) is 0 Å². The molecule has 0 aliphatic rings. The van der Waals surface area contributed by atoms with Crippen molar-refractivity contribution in [1.82, 2.24) is 15.0 Å². The second-order valence-corrected chi connectivity index (χ2v) is 4.72. The fraction of sp³-hybridized carbons (Fsp3) is 0.125. The molecule has 0 unspecified atom stereocenters. The van der Waals surface area contributed by atoms with Crippen molar-refractivity contribution in [2.45, 2.75) is 13.8 Å². The average molecular weight is 260 g/mol. The molecule has 0 spiro atoms. The van der Waals surface area contributed by atoms with E-state index in [1.165, 1.54) is 11.1 Å². The van der Waals surface area contributed by atoms with Crippen LogP contribution in [0.4, 0.5) is 0 Å². The van der Waals surface area contributed by atoms with Gasteiger partial charge in [0.15, 0.2) is 0 Å². The monoisotopic (exact) mass is 260 g/mol. The molecule has 0 aliphatic heterocycles. The van der Waals surface area contributed by atoms with Crippen LogP contribution in [0.3, 0.4) is 0 Å². The largest absolute Gasteiger partial charge is 0.245 e. The Hall–Kier alpha value is -2.80. The first-order valence-corrected chi connectivity index (χ1v) is 6.27. The fourth-order valence-electron chi connectivity index (χ4n) is 2.15. The molecule has 0 atom stereocenters. The maximum absolute atomic E-state index is 8.80. The number of benzene rings is 1. The van der Waals surface area contributed by atoms with Crippen molar-refractivity contribution < 1.29 is 0 Å². The molecule has 96 valence electrons. The Morgan fingerprint density at radius 2 is 1.80 bits per heavy atom. The van der Waals surface area contributed by atoms with Crippen molar-refractivity contribution in [1.29, 1.82) is 5.26 Å². The van der Waals surface area contributed by atoms with E-state index < -0.39 is 0 Å². The predicted molar refractivity (Wildman–Crippen MR) is 77.0 cm³/mol. The van der Waals surface area contributed by atoms with E-state index in [4.69, 9.17) is 5.26 Å². The summed E-state index contributed by atoms with van der Waals surface area (Å²) >= 11 is 0. The van der Waals surface area contributed by atoms with Gasteiger partial charge in [-0.15, -0.1) is 0 Å². The molecular formula is C16H12N4. The Morgan fingerprint density at radius 1 is 1.00 bits per heavy atom. The second kappa shape index (κ2) is 4.71. The molecular weight excluding hydrogens is 248 g/mol. The number of aryl methyl sites for hydroxylation is 2. The van der Waals surface area contributed by atoms with Gasteiger partial charge in [-0.05, 0) is 49.2 Å². The van der Waals surface area contributed by atoms with Crippen molar-refractivity contribution >= 4 is 10.9 Å². The molecule has 0 fully saturated rings. The highest BCUT2D eigenvalue weighted by molar-refractivity contribution is 5.92. The van der Waals surface area contributed by atoms with Crippen LogP contribution in [-0.4, -0.2) is 15.0 Å². The first kappa shape index (κ1) is 12.2. The van der Waals surface area contributed by atoms with Crippen molar-refractivity contribution in [3.8, 4) is 17.3 Å². The van der Waals surface area contributed by atoms with E-state index in [2.05, 4.69) is 40.9 Å². The summed E-state index contributed by atoms with van der Waals surface area (Å²) in [6, 6.07) is 9.74. The van der Waals surface area contributed by atoms with Crippen molar-refractivity contribution in [3.05, 3.63) is 53.6 Å². The van der Waals surface area contributed by atoms with E-state index in [1.54, 1.807) is 18.6 Å². The zero-order chi connectivity index (χ0) is 14.1. The third-order valence-electron chi connectivity index (χ3n) is 3.40. The lowest BCUT2D eigenvalue weighted by atomic mass is 10.0. The highest BCUT2D eigenvalue weighted by Crippen LogP contribution is 2.26. The number of aromatic nitrogens is 3. The number of pyridine rings is 1. The Kier molecular flexibility index (Phi) is 2.88. The lowest BCUT2D eigenvalue weighted by Gasteiger charge is -2.07. The van der Waals surface area contributed by atoms with Crippen LogP contribution in [0.15, 0.2) is 36.8 Å². The van der Waals surface area contributed by atoms with E-state index in [0.717, 1.165) is 22.2 Å². The van der Waals surface area contributed by atoms with E-state index in [-0.39, 0.29) is 0 Å². The van der Waals surface area contributed by atoms with Crippen LogP contribution in [0, 0.1) is 25.2 Å². The summed E-state index contributed by atoms with van der Waals surface area (Å²) < 4.78 is 0. The fourth-order valence-corrected chi connectivity index (χ4v) is 2.15. The molecule has 4 nitrogen and oxygen atoms in total. The van der Waals surface area contributed by atoms with Gasteiger partial charge in [0.2, 0.25) is 0 Å². The normalized spacial score (nSPS) is 10.4. The SMILES string of the molecule is Cc1cc2ncnc(-c3ccc(C#N)nc3)c2cc1C. The molecule has 20 heavy (non-hydrogen) atoms. The summed E-state index contributed by atoms with van der Waals surface area (Å²) in [7, 11) is 0. The molecule has 0 radical (unpaired) electrons. The number of hydrogen-bond acceptors (Lipinski definition) is 4. The standard InChI is InChI=1S/C16H12N4/c1-10-5-14-15(6-11(10)2)19-9-20-16(14)12-3-4-13(7-17)18-8-12/h3-6,8-9H,1-2H3. The zero-order valence-electron chi connectivity index (χ0n) is 11.3. The average Bonchev–Trinajstić information content (AvgIpc) is 2.48. The van der Waals surface area contributed by atoms with Crippen LogP contribution < -0.4 is 0 Å². The summed E-state index contributed by atoms with van der Waals surface area (Å²) in [6.07, 6.45) is 3.24. The Labute approximate surface area is 116 Å². The van der Waals surface area contributed by atoms with Gasteiger partial charge >= 0.3 is 0 Å². The van der Waals surface area contributed by atoms with Gasteiger partial charge in [0.25, 0.3) is 0 Å². The zero-order valence-corrected chi connectivity index (χ0v) is 11.3. The maximum atomic E-state index is 8.80. The number of fused-ring (bicyclic) bond motifs is 1. The second-order valence-electron chi connectivity index (χ2n) is 4.72. The molecule has 3 rings (SSSR count). The third kappa shape index (κ3) is 1.99.